The number of ether oxygens (including phenoxy) is 2. The molecule has 3 rings (SSSR count). The van der Waals surface area contributed by atoms with E-state index in [1.165, 1.54) is 37.8 Å². The molecule has 1 aliphatic rings. The van der Waals surface area contributed by atoms with E-state index in [9.17, 15) is 9.50 Å². The summed E-state index contributed by atoms with van der Waals surface area (Å²) in [5.74, 6) is 7.12. The molecule has 2 aromatic rings. The van der Waals surface area contributed by atoms with E-state index in [1.54, 1.807) is 7.11 Å². The molecule has 1 aliphatic carbocycles. The normalized spacial score (nSPS) is 14.0. The molecule has 3 nitrogen and oxygen atoms in total. The number of hydrogen-bond acceptors (Lipinski definition) is 3. The fraction of sp³-hybridized carbons (Fsp3) is 0.333. The summed E-state index contributed by atoms with van der Waals surface area (Å²) < 4.78 is 24.3. The Morgan fingerprint density at radius 2 is 1.88 bits per heavy atom. The van der Waals surface area contributed by atoms with Gasteiger partial charge in [0.25, 0.3) is 0 Å². The summed E-state index contributed by atoms with van der Waals surface area (Å²) in [6, 6.07) is 9.26. The predicted molar refractivity (Wildman–Crippen MR) is 94.5 cm³/mol. The smallest absolute Gasteiger partial charge is 0.162 e. The van der Waals surface area contributed by atoms with Crippen molar-refractivity contribution in [3.05, 3.63) is 53.3 Å². The summed E-state index contributed by atoms with van der Waals surface area (Å²) in [6.45, 7) is 0.687. The predicted octanol–water partition coefficient (Wildman–Crippen LogP) is 4.51. The molecular weight excluding hydrogens is 319 g/mol. The van der Waals surface area contributed by atoms with Crippen LogP contribution in [0.5, 0.6) is 17.2 Å². The Bertz CT molecular complexity index is 799. The highest BCUT2D eigenvalue weighted by Crippen LogP contribution is 2.31. The Balaban J connectivity index is 1.77. The number of hydrogen-bond donors (Lipinski definition) is 1. The molecule has 1 fully saturated rings. The molecule has 1 N–H and O–H groups in total. The number of methoxy groups -OCH3 is 1. The van der Waals surface area contributed by atoms with Gasteiger partial charge < -0.3 is 14.6 Å². The number of rotatable bonds is 4. The monoisotopic (exact) mass is 340 g/mol. The van der Waals surface area contributed by atoms with Crippen LogP contribution in [0.25, 0.3) is 0 Å². The lowest BCUT2D eigenvalue weighted by molar-refractivity contribution is 0.240. The van der Waals surface area contributed by atoms with Crippen molar-refractivity contribution < 1.29 is 19.0 Å². The standard InChI is InChI=1S/C21H21FO3/c1-24-20-11-7-15(6-8-17-9-10-18(22)13-19(17)23)12-21(20)25-14-16-4-2-3-5-16/h7,9-13,16,23H,2-5,14H2,1H3. The molecule has 0 spiro atoms. The van der Waals surface area contributed by atoms with Crippen molar-refractivity contribution in [2.24, 2.45) is 5.92 Å². The van der Waals surface area contributed by atoms with Gasteiger partial charge in [-0.2, -0.15) is 0 Å². The highest BCUT2D eigenvalue weighted by Gasteiger charge is 2.16. The molecule has 2 aromatic carbocycles. The minimum Gasteiger partial charge on any atom is -0.507 e. The Labute approximate surface area is 147 Å². The molecule has 0 aliphatic heterocycles. The number of halogens is 1. The van der Waals surface area contributed by atoms with Crippen molar-refractivity contribution in [3.8, 4) is 29.1 Å². The zero-order valence-corrected chi connectivity index (χ0v) is 14.2. The molecule has 0 bridgehead atoms. The maximum atomic E-state index is 13.0. The molecule has 0 heterocycles. The van der Waals surface area contributed by atoms with Crippen LogP contribution in [0.2, 0.25) is 0 Å². The fourth-order valence-electron chi connectivity index (χ4n) is 3.00. The summed E-state index contributed by atoms with van der Waals surface area (Å²) in [7, 11) is 1.61. The molecule has 0 atom stereocenters. The Morgan fingerprint density at radius 3 is 2.60 bits per heavy atom. The fourth-order valence-corrected chi connectivity index (χ4v) is 3.00. The summed E-state index contributed by atoms with van der Waals surface area (Å²) in [4.78, 5) is 0. The first-order valence-corrected chi connectivity index (χ1v) is 8.47. The first-order chi connectivity index (χ1) is 12.2. The van der Waals surface area contributed by atoms with Crippen LogP contribution in [0.1, 0.15) is 36.8 Å². The molecule has 0 saturated heterocycles. The van der Waals surface area contributed by atoms with Crippen LogP contribution in [0, 0.1) is 23.6 Å². The van der Waals surface area contributed by atoms with Gasteiger partial charge in [-0.15, -0.1) is 0 Å². The summed E-state index contributed by atoms with van der Waals surface area (Å²) in [5.41, 5.74) is 1.12. The third-order valence-corrected chi connectivity index (χ3v) is 4.41. The number of phenolic OH excluding ortho intramolecular Hbond substituents is 1. The first kappa shape index (κ1) is 17.2. The van der Waals surface area contributed by atoms with Crippen molar-refractivity contribution in [1.82, 2.24) is 0 Å². The van der Waals surface area contributed by atoms with Gasteiger partial charge in [-0.1, -0.05) is 24.7 Å². The van der Waals surface area contributed by atoms with Gasteiger partial charge in [0.1, 0.15) is 11.6 Å². The Morgan fingerprint density at radius 1 is 1.08 bits per heavy atom. The van der Waals surface area contributed by atoms with Gasteiger partial charge in [-0.05, 0) is 49.1 Å². The second kappa shape index (κ2) is 7.94. The maximum absolute atomic E-state index is 13.0. The minimum absolute atomic E-state index is 0.168. The Kier molecular flexibility index (Phi) is 5.45. The van der Waals surface area contributed by atoms with E-state index in [0.717, 1.165) is 11.6 Å². The van der Waals surface area contributed by atoms with Crippen LogP contribution in [0.15, 0.2) is 36.4 Å². The molecule has 25 heavy (non-hydrogen) atoms. The molecule has 0 amide bonds. The average Bonchev–Trinajstić information content (AvgIpc) is 3.13. The zero-order valence-electron chi connectivity index (χ0n) is 14.2. The van der Waals surface area contributed by atoms with Crippen LogP contribution in [0.3, 0.4) is 0 Å². The molecular formula is C21H21FO3. The molecule has 130 valence electrons. The number of phenols is 1. The van der Waals surface area contributed by atoms with Gasteiger partial charge in [0.2, 0.25) is 0 Å². The van der Waals surface area contributed by atoms with E-state index in [4.69, 9.17) is 9.47 Å². The van der Waals surface area contributed by atoms with Crippen molar-refractivity contribution in [2.45, 2.75) is 25.7 Å². The number of benzene rings is 2. The van der Waals surface area contributed by atoms with Gasteiger partial charge in [0.05, 0.1) is 19.3 Å². The van der Waals surface area contributed by atoms with Crippen molar-refractivity contribution in [1.29, 1.82) is 0 Å². The van der Waals surface area contributed by atoms with E-state index in [-0.39, 0.29) is 5.75 Å². The third kappa shape index (κ3) is 4.45. The highest BCUT2D eigenvalue weighted by atomic mass is 19.1. The Hall–Kier alpha value is -2.67. The first-order valence-electron chi connectivity index (χ1n) is 8.47. The summed E-state index contributed by atoms with van der Waals surface area (Å²) >= 11 is 0. The summed E-state index contributed by atoms with van der Waals surface area (Å²) in [6.07, 6.45) is 4.98. The summed E-state index contributed by atoms with van der Waals surface area (Å²) in [5, 5.41) is 9.72. The van der Waals surface area contributed by atoms with Gasteiger partial charge in [-0.3, -0.25) is 0 Å². The van der Waals surface area contributed by atoms with E-state index in [2.05, 4.69) is 11.8 Å². The van der Waals surface area contributed by atoms with Crippen molar-refractivity contribution in [3.63, 3.8) is 0 Å². The van der Waals surface area contributed by atoms with Crippen LogP contribution in [-0.4, -0.2) is 18.8 Å². The molecule has 0 unspecified atom stereocenters. The maximum Gasteiger partial charge on any atom is 0.162 e. The van der Waals surface area contributed by atoms with E-state index >= 15 is 0 Å². The van der Waals surface area contributed by atoms with Crippen molar-refractivity contribution in [2.75, 3.05) is 13.7 Å². The van der Waals surface area contributed by atoms with Crippen LogP contribution in [0.4, 0.5) is 4.39 Å². The van der Waals surface area contributed by atoms with Crippen LogP contribution < -0.4 is 9.47 Å². The van der Waals surface area contributed by atoms with Gasteiger partial charge in [-0.25, -0.2) is 4.39 Å². The van der Waals surface area contributed by atoms with Crippen LogP contribution in [-0.2, 0) is 0 Å². The SMILES string of the molecule is COc1ccc(C#Cc2ccc(F)cc2O)cc1OCC1CCCC1. The zero-order chi connectivity index (χ0) is 17.6. The van der Waals surface area contributed by atoms with E-state index < -0.39 is 5.82 Å². The number of aromatic hydroxyl groups is 1. The second-order valence-electron chi connectivity index (χ2n) is 6.24. The molecule has 4 heteroatoms. The highest BCUT2D eigenvalue weighted by molar-refractivity contribution is 5.52. The quantitative estimate of drug-likeness (QED) is 0.833. The largest absolute Gasteiger partial charge is 0.507 e. The lowest BCUT2D eigenvalue weighted by Crippen LogP contribution is -2.08. The van der Waals surface area contributed by atoms with Crippen LogP contribution >= 0.6 is 0 Å². The lowest BCUT2D eigenvalue weighted by Gasteiger charge is -2.14. The van der Waals surface area contributed by atoms with E-state index in [1.807, 2.05) is 18.2 Å². The van der Waals surface area contributed by atoms with Gasteiger partial charge in [0, 0.05) is 11.6 Å². The molecule has 0 aromatic heterocycles. The average molecular weight is 340 g/mol. The molecule has 1 saturated carbocycles. The van der Waals surface area contributed by atoms with E-state index in [0.29, 0.717) is 29.6 Å². The third-order valence-electron chi connectivity index (χ3n) is 4.41. The van der Waals surface area contributed by atoms with Gasteiger partial charge >= 0.3 is 0 Å². The van der Waals surface area contributed by atoms with Gasteiger partial charge in [0.15, 0.2) is 11.5 Å². The second-order valence-corrected chi connectivity index (χ2v) is 6.24. The minimum atomic E-state index is -0.491. The lowest BCUT2D eigenvalue weighted by atomic mass is 10.1. The van der Waals surface area contributed by atoms with Crippen molar-refractivity contribution >= 4 is 0 Å². The molecule has 0 radical (unpaired) electrons. The topological polar surface area (TPSA) is 38.7 Å².